The maximum absolute atomic E-state index is 12.2. The first kappa shape index (κ1) is 31.3. The van der Waals surface area contributed by atoms with Crippen LogP contribution in [0.4, 0.5) is 0 Å². The van der Waals surface area contributed by atoms with E-state index in [9.17, 15) is 9.59 Å². The van der Waals surface area contributed by atoms with Crippen LogP contribution in [-0.4, -0.2) is 31.2 Å². The summed E-state index contributed by atoms with van der Waals surface area (Å²) in [6, 6.07) is 13.4. The summed E-state index contributed by atoms with van der Waals surface area (Å²) in [5.41, 5.74) is 5.09. The van der Waals surface area contributed by atoms with Gasteiger partial charge in [0.05, 0.1) is 22.9 Å². The summed E-state index contributed by atoms with van der Waals surface area (Å²) in [6.07, 6.45) is 3.79. The molecule has 3 aromatic rings. The van der Waals surface area contributed by atoms with Gasteiger partial charge in [0.25, 0.3) is 5.91 Å². The largest absolute Gasteiger partial charge is 0.490 e. The maximum atomic E-state index is 12.2. The van der Waals surface area contributed by atoms with Gasteiger partial charge in [-0.2, -0.15) is 5.10 Å². The number of hydrogen-bond donors (Lipinski definition) is 2. The number of hydrogen-bond acceptors (Lipinski definition) is 5. The molecule has 2 amide bonds. The van der Waals surface area contributed by atoms with Gasteiger partial charge in [-0.1, -0.05) is 58.5 Å². The summed E-state index contributed by atoms with van der Waals surface area (Å²) in [5.74, 6) is 0.340. The van der Waals surface area contributed by atoms with Crippen molar-refractivity contribution in [1.29, 1.82) is 0 Å². The lowest BCUT2D eigenvalue weighted by Gasteiger charge is -2.17. The Morgan fingerprint density at radius 3 is 2.45 bits per heavy atom. The van der Waals surface area contributed by atoms with E-state index in [2.05, 4.69) is 22.4 Å². The predicted octanol–water partition coefficient (Wildman–Crippen LogP) is 7.28. The van der Waals surface area contributed by atoms with E-state index in [-0.39, 0.29) is 36.4 Å². The van der Waals surface area contributed by atoms with Gasteiger partial charge in [-0.15, -0.1) is 6.58 Å². The molecule has 0 bridgehead atoms. The first-order chi connectivity index (χ1) is 19.2. The van der Waals surface area contributed by atoms with E-state index in [4.69, 9.17) is 55.9 Å². The second kappa shape index (κ2) is 15.5. The molecule has 0 spiro atoms. The van der Waals surface area contributed by atoms with Crippen LogP contribution >= 0.6 is 46.4 Å². The third kappa shape index (κ3) is 9.17. The molecule has 0 unspecified atom stereocenters. The van der Waals surface area contributed by atoms with Crippen LogP contribution in [0.1, 0.15) is 40.4 Å². The molecule has 210 valence electrons. The minimum atomic E-state index is -0.373. The number of hydrazone groups is 1. The third-order valence-electron chi connectivity index (χ3n) is 5.43. The summed E-state index contributed by atoms with van der Waals surface area (Å²) in [7, 11) is 0. The van der Waals surface area contributed by atoms with Crippen molar-refractivity contribution in [2.24, 2.45) is 5.10 Å². The molecule has 0 radical (unpaired) electrons. The van der Waals surface area contributed by atoms with E-state index in [1.807, 2.05) is 13.0 Å². The molecule has 0 heterocycles. The van der Waals surface area contributed by atoms with Crippen molar-refractivity contribution in [2.45, 2.75) is 26.4 Å². The molecule has 0 saturated heterocycles. The smallest absolute Gasteiger partial charge is 0.251 e. The van der Waals surface area contributed by atoms with Crippen LogP contribution < -0.4 is 20.2 Å². The molecule has 2 N–H and O–H groups in total. The Hall–Kier alpha value is -3.23. The zero-order valence-electron chi connectivity index (χ0n) is 21.6. The number of nitrogens with one attached hydrogen (secondary N) is 2. The molecule has 0 fully saturated rings. The van der Waals surface area contributed by atoms with E-state index in [0.717, 1.165) is 11.1 Å². The highest BCUT2D eigenvalue weighted by Gasteiger charge is 2.14. The minimum Gasteiger partial charge on any atom is -0.490 e. The average molecular weight is 623 g/mol. The van der Waals surface area contributed by atoms with Crippen molar-refractivity contribution in [2.75, 3.05) is 13.2 Å². The van der Waals surface area contributed by atoms with Crippen molar-refractivity contribution >= 4 is 64.4 Å². The van der Waals surface area contributed by atoms with Crippen molar-refractivity contribution in [3.8, 4) is 11.5 Å². The molecule has 0 aliphatic rings. The first-order valence-corrected chi connectivity index (χ1v) is 13.8. The molecular formula is C29H27Cl4N3O4. The van der Waals surface area contributed by atoms with Crippen molar-refractivity contribution in [3.05, 3.63) is 104 Å². The third-order valence-corrected chi connectivity index (χ3v) is 6.75. The highest BCUT2D eigenvalue weighted by molar-refractivity contribution is 6.42. The van der Waals surface area contributed by atoms with Crippen LogP contribution in [0.3, 0.4) is 0 Å². The summed E-state index contributed by atoms with van der Waals surface area (Å²) >= 11 is 24.1. The number of halogens is 4. The van der Waals surface area contributed by atoms with Crippen LogP contribution in [0.2, 0.25) is 20.1 Å². The van der Waals surface area contributed by atoms with Gasteiger partial charge < -0.3 is 14.8 Å². The van der Waals surface area contributed by atoms with E-state index < -0.39 is 0 Å². The fourth-order valence-electron chi connectivity index (χ4n) is 3.54. The topological polar surface area (TPSA) is 89.0 Å². The second-order valence-corrected chi connectivity index (χ2v) is 10.0. The van der Waals surface area contributed by atoms with Crippen LogP contribution in [0.25, 0.3) is 0 Å². The molecule has 3 aromatic carbocycles. The molecule has 40 heavy (non-hydrogen) atoms. The van der Waals surface area contributed by atoms with Gasteiger partial charge in [-0.25, -0.2) is 5.43 Å². The summed E-state index contributed by atoms with van der Waals surface area (Å²) in [4.78, 5) is 24.4. The Kier molecular flexibility index (Phi) is 12.2. The van der Waals surface area contributed by atoms with Crippen molar-refractivity contribution in [1.82, 2.24) is 10.7 Å². The molecule has 0 atom stereocenters. The lowest BCUT2D eigenvalue weighted by Crippen LogP contribution is -2.29. The molecule has 3 rings (SSSR count). The SMILES string of the molecule is C=CCc1cc(C=NNC(=O)CCNC(=O)c2ccc(Cl)c(Cl)c2)cc(OCC)c1OCc1ccc(Cl)cc1Cl. The first-order valence-electron chi connectivity index (χ1n) is 12.2. The average Bonchev–Trinajstić information content (AvgIpc) is 2.91. The Morgan fingerprint density at radius 2 is 1.75 bits per heavy atom. The van der Waals surface area contributed by atoms with Gasteiger partial charge in [-0.3, -0.25) is 9.59 Å². The summed E-state index contributed by atoms with van der Waals surface area (Å²) in [5, 5.41) is 8.37. The Balaban J connectivity index is 1.62. The van der Waals surface area contributed by atoms with Gasteiger partial charge in [-0.05, 0) is 61.4 Å². The van der Waals surface area contributed by atoms with E-state index in [1.54, 1.807) is 36.4 Å². The fourth-order valence-corrected chi connectivity index (χ4v) is 4.31. The van der Waals surface area contributed by atoms with Gasteiger partial charge in [0.15, 0.2) is 11.5 Å². The van der Waals surface area contributed by atoms with Crippen LogP contribution in [0.5, 0.6) is 11.5 Å². The monoisotopic (exact) mass is 621 g/mol. The van der Waals surface area contributed by atoms with Gasteiger partial charge in [0.2, 0.25) is 5.91 Å². The van der Waals surface area contributed by atoms with Crippen LogP contribution in [0, 0.1) is 0 Å². The van der Waals surface area contributed by atoms with Gasteiger partial charge >= 0.3 is 0 Å². The number of nitrogens with zero attached hydrogens (tertiary/aromatic N) is 1. The normalized spacial score (nSPS) is 10.8. The number of carbonyl (C=O) groups excluding carboxylic acids is 2. The quantitative estimate of drug-likeness (QED) is 0.119. The van der Waals surface area contributed by atoms with Crippen LogP contribution in [0.15, 0.2) is 66.3 Å². The highest BCUT2D eigenvalue weighted by atomic mass is 35.5. The molecule has 7 nitrogen and oxygen atoms in total. The Labute approximate surface area is 253 Å². The molecule has 0 saturated carbocycles. The Bertz CT molecular complexity index is 1410. The molecule has 0 aromatic heterocycles. The second-order valence-electron chi connectivity index (χ2n) is 8.39. The zero-order chi connectivity index (χ0) is 29.1. The fraction of sp³-hybridized carbons (Fsp3) is 0.207. The zero-order valence-corrected chi connectivity index (χ0v) is 24.6. The van der Waals surface area contributed by atoms with Crippen molar-refractivity contribution < 1.29 is 19.1 Å². The van der Waals surface area contributed by atoms with E-state index in [1.165, 1.54) is 18.3 Å². The maximum Gasteiger partial charge on any atom is 0.251 e. The Morgan fingerprint density at radius 1 is 0.950 bits per heavy atom. The minimum absolute atomic E-state index is 0.0242. The summed E-state index contributed by atoms with van der Waals surface area (Å²) in [6.45, 7) is 6.44. The molecule has 11 heteroatoms. The van der Waals surface area contributed by atoms with E-state index in [0.29, 0.717) is 50.7 Å². The predicted molar refractivity (Wildman–Crippen MR) is 161 cm³/mol. The standard InChI is InChI=1S/C29H27Cl4N3O4/c1-3-5-19-12-18(13-26(39-4-2)28(19)40-17-21-6-8-22(30)15-24(21)32)16-35-36-27(37)10-11-34-29(38)20-7-9-23(31)25(33)14-20/h3,6-9,12-16H,1,4-5,10-11,17H2,2H3,(H,34,38)(H,36,37). The molecule has 0 aliphatic heterocycles. The number of ether oxygens (including phenoxy) is 2. The van der Waals surface area contributed by atoms with E-state index >= 15 is 0 Å². The number of carbonyl (C=O) groups is 2. The number of amides is 2. The summed E-state index contributed by atoms with van der Waals surface area (Å²) < 4.78 is 12.0. The molecule has 0 aliphatic carbocycles. The number of allylic oxidation sites excluding steroid dienone is 1. The van der Waals surface area contributed by atoms with Gasteiger partial charge in [0.1, 0.15) is 6.61 Å². The highest BCUT2D eigenvalue weighted by Crippen LogP contribution is 2.35. The lowest BCUT2D eigenvalue weighted by atomic mass is 10.1. The molecular weight excluding hydrogens is 596 g/mol. The lowest BCUT2D eigenvalue weighted by molar-refractivity contribution is -0.120. The van der Waals surface area contributed by atoms with Crippen molar-refractivity contribution in [3.63, 3.8) is 0 Å². The van der Waals surface area contributed by atoms with Crippen LogP contribution in [-0.2, 0) is 17.8 Å². The number of benzene rings is 3. The van der Waals surface area contributed by atoms with Gasteiger partial charge in [0, 0.05) is 39.7 Å². The number of rotatable bonds is 13.